The first kappa shape index (κ1) is 14.6. The number of hydrogen-bond donors (Lipinski definition) is 2. The van der Waals surface area contributed by atoms with E-state index < -0.39 is 0 Å². The maximum Gasteiger partial charge on any atom is 0.224 e. The molecule has 3 rings (SSSR count). The minimum absolute atomic E-state index is 0.637. The Morgan fingerprint density at radius 3 is 2.64 bits per heavy atom. The molecular weight excluding hydrogens is 278 g/mol. The molecule has 0 unspecified atom stereocenters. The molecule has 6 heteroatoms. The van der Waals surface area contributed by atoms with Gasteiger partial charge in [0.2, 0.25) is 5.95 Å². The van der Waals surface area contributed by atoms with Crippen molar-refractivity contribution >= 4 is 23.1 Å². The van der Waals surface area contributed by atoms with Crippen molar-refractivity contribution in [3.8, 4) is 0 Å². The molecule has 0 radical (unpaired) electrons. The molecule has 1 fully saturated rings. The number of nitrogens with one attached hydrogen (secondary N) is 2. The zero-order valence-electron chi connectivity index (χ0n) is 12.7. The summed E-state index contributed by atoms with van der Waals surface area (Å²) in [5, 5.41) is 6.40. The Bertz CT molecular complexity index is 596. The summed E-state index contributed by atoms with van der Waals surface area (Å²) in [5.74, 6) is 1.42. The number of ether oxygens (including phenoxy) is 1. The van der Waals surface area contributed by atoms with Gasteiger partial charge in [-0.2, -0.15) is 4.98 Å². The van der Waals surface area contributed by atoms with Crippen LogP contribution < -0.4 is 15.5 Å². The Morgan fingerprint density at radius 1 is 1.14 bits per heavy atom. The Kier molecular flexibility index (Phi) is 4.70. The maximum absolute atomic E-state index is 5.38. The zero-order valence-corrected chi connectivity index (χ0v) is 12.7. The van der Waals surface area contributed by atoms with Crippen molar-refractivity contribution in [2.45, 2.75) is 6.92 Å². The minimum Gasteiger partial charge on any atom is -0.378 e. The van der Waals surface area contributed by atoms with E-state index in [9.17, 15) is 0 Å². The van der Waals surface area contributed by atoms with E-state index in [-0.39, 0.29) is 0 Å². The normalized spacial score (nSPS) is 14.7. The Hall–Kier alpha value is -2.34. The predicted octanol–water partition coefficient (Wildman–Crippen LogP) is 2.49. The second kappa shape index (κ2) is 7.09. The van der Waals surface area contributed by atoms with E-state index in [1.807, 2.05) is 13.0 Å². The lowest BCUT2D eigenvalue weighted by Gasteiger charge is -2.28. The highest BCUT2D eigenvalue weighted by atomic mass is 16.5. The van der Waals surface area contributed by atoms with Crippen LogP contribution >= 0.6 is 0 Å². The average Bonchev–Trinajstić information content (AvgIpc) is 2.57. The van der Waals surface area contributed by atoms with Crippen LogP contribution in [-0.2, 0) is 4.74 Å². The Morgan fingerprint density at radius 2 is 1.91 bits per heavy atom. The van der Waals surface area contributed by atoms with Crippen molar-refractivity contribution in [3.63, 3.8) is 0 Å². The molecule has 1 aromatic heterocycles. The fourth-order valence-electron chi connectivity index (χ4n) is 2.40. The summed E-state index contributed by atoms with van der Waals surface area (Å²) < 4.78 is 5.38. The van der Waals surface area contributed by atoms with E-state index in [1.54, 1.807) is 6.20 Å². The molecule has 2 aromatic rings. The van der Waals surface area contributed by atoms with Crippen molar-refractivity contribution in [2.24, 2.45) is 0 Å². The molecular formula is C16H21N5O. The lowest BCUT2D eigenvalue weighted by Crippen LogP contribution is -2.36. The van der Waals surface area contributed by atoms with Gasteiger partial charge in [0.1, 0.15) is 5.82 Å². The molecule has 0 saturated carbocycles. The van der Waals surface area contributed by atoms with Crippen LogP contribution in [0.4, 0.5) is 23.1 Å². The summed E-state index contributed by atoms with van der Waals surface area (Å²) in [6, 6.07) is 10.2. The highest BCUT2D eigenvalue weighted by Crippen LogP contribution is 2.21. The molecule has 116 valence electrons. The minimum atomic E-state index is 0.637. The molecule has 0 atom stereocenters. The van der Waals surface area contributed by atoms with Gasteiger partial charge >= 0.3 is 0 Å². The number of anilines is 4. The molecule has 2 N–H and O–H groups in total. The SMILES string of the molecule is CCNc1nccc(Nc2ccc(N3CCOCC3)cc2)n1. The van der Waals surface area contributed by atoms with Crippen LogP contribution in [0.25, 0.3) is 0 Å². The third kappa shape index (κ3) is 3.65. The Balaban J connectivity index is 1.66. The molecule has 0 spiro atoms. The van der Waals surface area contributed by atoms with E-state index in [1.165, 1.54) is 5.69 Å². The Labute approximate surface area is 130 Å². The van der Waals surface area contributed by atoms with Gasteiger partial charge in [0.25, 0.3) is 0 Å². The lowest BCUT2D eigenvalue weighted by molar-refractivity contribution is 0.122. The molecule has 1 aliphatic rings. The molecule has 0 amide bonds. The van der Waals surface area contributed by atoms with Crippen LogP contribution in [0.5, 0.6) is 0 Å². The summed E-state index contributed by atoms with van der Waals surface area (Å²) in [6.45, 7) is 6.32. The molecule has 2 heterocycles. The van der Waals surface area contributed by atoms with Gasteiger partial charge in [-0.1, -0.05) is 0 Å². The number of rotatable bonds is 5. The van der Waals surface area contributed by atoms with Crippen molar-refractivity contribution in [3.05, 3.63) is 36.5 Å². The highest BCUT2D eigenvalue weighted by molar-refractivity contribution is 5.61. The number of morpholine rings is 1. The van der Waals surface area contributed by atoms with Gasteiger partial charge in [-0.15, -0.1) is 0 Å². The van der Waals surface area contributed by atoms with E-state index in [4.69, 9.17) is 4.74 Å². The molecule has 0 bridgehead atoms. The second-order valence-electron chi connectivity index (χ2n) is 5.07. The van der Waals surface area contributed by atoms with E-state index in [0.717, 1.165) is 44.4 Å². The molecule has 22 heavy (non-hydrogen) atoms. The summed E-state index contributed by atoms with van der Waals surface area (Å²) in [7, 11) is 0. The van der Waals surface area contributed by atoms with Gasteiger partial charge < -0.3 is 20.3 Å². The number of nitrogens with zero attached hydrogens (tertiary/aromatic N) is 3. The number of hydrogen-bond acceptors (Lipinski definition) is 6. The van der Waals surface area contributed by atoms with Crippen LogP contribution in [-0.4, -0.2) is 42.8 Å². The smallest absolute Gasteiger partial charge is 0.224 e. The quantitative estimate of drug-likeness (QED) is 0.884. The number of benzene rings is 1. The fourth-order valence-corrected chi connectivity index (χ4v) is 2.40. The largest absolute Gasteiger partial charge is 0.378 e. The van der Waals surface area contributed by atoms with Gasteiger partial charge in [0.05, 0.1) is 13.2 Å². The monoisotopic (exact) mass is 299 g/mol. The number of aromatic nitrogens is 2. The van der Waals surface area contributed by atoms with E-state index in [2.05, 4.69) is 49.8 Å². The van der Waals surface area contributed by atoms with Crippen LogP contribution in [0.3, 0.4) is 0 Å². The van der Waals surface area contributed by atoms with Gasteiger partial charge in [0.15, 0.2) is 0 Å². The highest BCUT2D eigenvalue weighted by Gasteiger charge is 2.10. The molecule has 1 aromatic carbocycles. The van der Waals surface area contributed by atoms with E-state index >= 15 is 0 Å². The first-order chi connectivity index (χ1) is 10.8. The summed E-state index contributed by atoms with van der Waals surface area (Å²) in [5.41, 5.74) is 2.24. The zero-order chi connectivity index (χ0) is 15.2. The van der Waals surface area contributed by atoms with E-state index in [0.29, 0.717) is 5.95 Å². The van der Waals surface area contributed by atoms with Crippen molar-refractivity contribution in [1.29, 1.82) is 0 Å². The van der Waals surface area contributed by atoms with Gasteiger partial charge in [-0.3, -0.25) is 0 Å². The second-order valence-corrected chi connectivity index (χ2v) is 5.07. The van der Waals surface area contributed by atoms with Crippen LogP contribution in [0.15, 0.2) is 36.5 Å². The first-order valence-corrected chi connectivity index (χ1v) is 7.62. The van der Waals surface area contributed by atoms with Gasteiger partial charge in [-0.05, 0) is 37.3 Å². The summed E-state index contributed by atoms with van der Waals surface area (Å²) in [6.07, 6.45) is 1.75. The maximum atomic E-state index is 5.38. The van der Waals surface area contributed by atoms with Crippen molar-refractivity contribution in [2.75, 3.05) is 48.4 Å². The molecule has 1 saturated heterocycles. The van der Waals surface area contributed by atoms with Crippen LogP contribution in [0, 0.1) is 0 Å². The van der Waals surface area contributed by atoms with Gasteiger partial charge in [-0.25, -0.2) is 4.98 Å². The standard InChI is InChI=1S/C16H21N5O/c1-2-17-16-18-8-7-15(20-16)19-13-3-5-14(6-4-13)21-9-11-22-12-10-21/h3-8H,2,9-12H2,1H3,(H2,17,18,19,20). The van der Waals surface area contributed by atoms with Crippen molar-refractivity contribution in [1.82, 2.24) is 9.97 Å². The van der Waals surface area contributed by atoms with Crippen LogP contribution in [0.1, 0.15) is 6.92 Å². The lowest BCUT2D eigenvalue weighted by atomic mass is 10.2. The third-order valence-corrected chi connectivity index (χ3v) is 3.51. The summed E-state index contributed by atoms with van der Waals surface area (Å²) >= 11 is 0. The topological polar surface area (TPSA) is 62.3 Å². The van der Waals surface area contributed by atoms with Crippen molar-refractivity contribution < 1.29 is 4.74 Å². The van der Waals surface area contributed by atoms with Crippen LogP contribution in [0.2, 0.25) is 0 Å². The third-order valence-electron chi connectivity index (χ3n) is 3.51. The predicted molar refractivity (Wildman–Crippen MR) is 89.0 cm³/mol. The average molecular weight is 299 g/mol. The first-order valence-electron chi connectivity index (χ1n) is 7.62. The molecule has 1 aliphatic heterocycles. The molecule has 0 aliphatic carbocycles. The summed E-state index contributed by atoms with van der Waals surface area (Å²) in [4.78, 5) is 10.9. The van der Waals surface area contributed by atoms with Gasteiger partial charge in [0, 0.05) is 37.2 Å². The fraction of sp³-hybridized carbons (Fsp3) is 0.375. The molecule has 6 nitrogen and oxygen atoms in total.